The zero-order valence-electron chi connectivity index (χ0n) is 10.2. The van der Waals surface area contributed by atoms with E-state index in [2.05, 4.69) is 45.6 Å². The lowest BCUT2D eigenvalue weighted by atomic mass is 10.1. The number of H-pyrrole nitrogens is 1. The number of rotatable bonds is 4. The van der Waals surface area contributed by atoms with Gasteiger partial charge in [-0.15, -0.1) is 5.10 Å². The Balaban J connectivity index is 2.14. The zero-order valence-corrected chi connectivity index (χ0v) is 11.1. The Hall–Kier alpha value is -1.33. The van der Waals surface area contributed by atoms with E-state index in [0.717, 1.165) is 17.5 Å². The average molecular weight is 248 g/mol. The molecule has 2 aromatic rings. The van der Waals surface area contributed by atoms with Crippen molar-refractivity contribution in [1.29, 1.82) is 0 Å². The minimum atomic E-state index is 0.767. The summed E-state index contributed by atoms with van der Waals surface area (Å²) in [6.07, 6.45) is 0. The monoisotopic (exact) mass is 248 g/mol. The SMILES string of the molecule is CNCc1ccc(Sc2n[nH]c(C)n2)cc1C. The fourth-order valence-electron chi connectivity index (χ4n) is 1.59. The summed E-state index contributed by atoms with van der Waals surface area (Å²) in [5, 5.41) is 10.9. The number of aromatic amines is 1. The number of nitrogens with one attached hydrogen (secondary N) is 2. The van der Waals surface area contributed by atoms with Gasteiger partial charge in [0.15, 0.2) is 0 Å². The molecule has 0 aliphatic rings. The van der Waals surface area contributed by atoms with Gasteiger partial charge in [-0.3, -0.25) is 5.10 Å². The average Bonchev–Trinajstić information content (AvgIpc) is 2.68. The molecular weight excluding hydrogens is 232 g/mol. The number of aryl methyl sites for hydroxylation is 2. The Labute approximate surface area is 105 Å². The Bertz CT molecular complexity index is 507. The van der Waals surface area contributed by atoms with Gasteiger partial charge in [-0.2, -0.15) is 0 Å². The highest BCUT2D eigenvalue weighted by Crippen LogP contribution is 2.26. The summed E-state index contributed by atoms with van der Waals surface area (Å²) in [4.78, 5) is 5.45. The molecule has 17 heavy (non-hydrogen) atoms. The van der Waals surface area contributed by atoms with E-state index in [9.17, 15) is 0 Å². The van der Waals surface area contributed by atoms with Gasteiger partial charge < -0.3 is 5.32 Å². The topological polar surface area (TPSA) is 53.6 Å². The van der Waals surface area contributed by atoms with E-state index in [1.807, 2.05) is 14.0 Å². The van der Waals surface area contributed by atoms with Gasteiger partial charge in [0.05, 0.1) is 0 Å². The first-order chi connectivity index (χ1) is 8.19. The van der Waals surface area contributed by atoms with Crippen molar-refractivity contribution >= 4 is 11.8 Å². The molecule has 0 aliphatic heterocycles. The largest absolute Gasteiger partial charge is 0.316 e. The lowest BCUT2D eigenvalue weighted by molar-refractivity contribution is 0.811. The molecule has 0 fully saturated rings. The molecule has 0 atom stereocenters. The molecule has 0 saturated carbocycles. The van der Waals surface area contributed by atoms with Gasteiger partial charge >= 0.3 is 0 Å². The first-order valence-electron chi connectivity index (χ1n) is 5.50. The zero-order chi connectivity index (χ0) is 12.3. The van der Waals surface area contributed by atoms with E-state index in [0.29, 0.717) is 0 Å². The second-order valence-electron chi connectivity index (χ2n) is 3.92. The van der Waals surface area contributed by atoms with Gasteiger partial charge in [0.25, 0.3) is 0 Å². The maximum absolute atomic E-state index is 4.28. The van der Waals surface area contributed by atoms with Crippen molar-refractivity contribution in [3.63, 3.8) is 0 Å². The summed E-state index contributed by atoms with van der Waals surface area (Å²) < 4.78 is 0. The third kappa shape index (κ3) is 3.08. The summed E-state index contributed by atoms with van der Waals surface area (Å²) in [5.41, 5.74) is 2.61. The van der Waals surface area contributed by atoms with Gasteiger partial charge in [-0.1, -0.05) is 6.07 Å². The molecule has 0 unspecified atom stereocenters. The van der Waals surface area contributed by atoms with Gasteiger partial charge in [-0.05, 0) is 55.9 Å². The fourth-order valence-corrected chi connectivity index (χ4v) is 2.45. The summed E-state index contributed by atoms with van der Waals surface area (Å²) >= 11 is 1.58. The fraction of sp³-hybridized carbons (Fsp3) is 0.333. The highest BCUT2D eigenvalue weighted by atomic mass is 32.2. The van der Waals surface area contributed by atoms with Crippen LogP contribution in [0.15, 0.2) is 28.3 Å². The van der Waals surface area contributed by atoms with E-state index in [-0.39, 0.29) is 0 Å². The molecule has 2 rings (SSSR count). The third-order valence-corrected chi connectivity index (χ3v) is 3.32. The standard InChI is InChI=1S/C12H16N4S/c1-8-6-11(5-4-10(8)7-13-3)17-12-14-9(2)15-16-12/h4-6,13H,7H2,1-3H3,(H,14,15,16). The molecule has 1 heterocycles. The van der Waals surface area contributed by atoms with Crippen LogP contribution in [0.1, 0.15) is 17.0 Å². The van der Waals surface area contributed by atoms with Crippen LogP contribution < -0.4 is 5.32 Å². The lowest BCUT2D eigenvalue weighted by Crippen LogP contribution is -2.06. The number of hydrogen-bond donors (Lipinski definition) is 2. The first kappa shape index (κ1) is 12.1. The van der Waals surface area contributed by atoms with Crippen molar-refractivity contribution in [2.75, 3.05) is 7.05 Å². The minimum absolute atomic E-state index is 0.767. The number of hydrogen-bond acceptors (Lipinski definition) is 4. The van der Waals surface area contributed by atoms with Crippen LogP contribution >= 0.6 is 11.8 Å². The van der Waals surface area contributed by atoms with Crippen LogP contribution in [0.4, 0.5) is 0 Å². The van der Waals surface area contributed by atoms with Crippen LogP contribution in [0, 0.1) is 13.8 Å². The highest BCUT2D eigenvalue weighted by molar-refractivity contribution is 7.99. The van der Waals surface area contributed by atoms with Crippen molar-refractivity contribution < 1.29 is 0 Å². The molecular formula is C12H16N4S. The van der Waals surface area contributed by atoms with Crippen LogP contribution in [0.3, 0.4) is 0 Å². The smallest absolute Gasteiger partial charge is 0.213 e. The summed E-state index contributed by atoms with van der Waals surface area (Å²) in [6, 6.07) is 6.42. The number of benzene rings is 1. The Morgan fingerprint density at radius 3 is 2.76 bits per heavy atom. The van der Waals surface area contributed by atoms with Crippen molar-refractivity contribution in [3.8, 4) is 0 Å². The minimum Gasteiger partial charge on any atom is -0.316 e. The van der Waals surface area contributed by atoms with E-state index < -0.39 is 0 Å². The van der Waals surface area contributed by atoms with E-state index >= 15 is 0 Å². The van der Waals surface area contributed by atoms with Crippen LogP contribution in [0.25, 0.3) is 0 Å². The Morgan fingerprint density at radius 1 is 1.35 bits per heavy atom. The second kappa shape index (κ2) is 5.33. The number of aromatic nitrogens is 3. The highest BCUT2D eigenvalue weighted by Gasteiger charge is 2.04. The predicted molar refractivity (Wildman–Crippen MR) is 69.2 cm³/mol. The van der Waals surface area contributed by atoms with E-state index in [1.54, 1.807) is 11.8 Å². The molecule has 2 N–H and O–H groups in total. The van der Waals surface area contributed by atoms with Crippen LogP contribution in [-0.2, 0) is 6.54 Å². The molecule has 0 aliphatic carbocycles. The molecule has 0 spiro atoms. The van der Waals surface area contributed by atoms with Gasteiger partial charge in [-0.25, -0.2) is 4.98 Å². The normalized spacial score (nSPS) is 10.8. The molecule has 0 bridgehead atoms. The molecule has 90 valence electrons. The molecule has 0 radical (unpaired) electrons. The molecule has 4 nitrogen and oxygen atoms in total. The van der Waals surface area contributed by atoms with Gasteiger partial charge in [0, 0.05) is 11.4 Å². The van der Waals surface area contributed by atoms with Gasteiger partial charge in [0.2, 0.25) is 5.16 Å². The van der Waals surface area contributed by atoms with Crippen LogP contribution in [0.5, 0.6) is 0 Å². The Morgan fingerprint density at radius 2 is 2.18 bits per heavy atom. The molecule has 0 saturated heterocycles. The Kier molecular flexibility index (Phi) is 3.81. The van der Waals surface area contributed by atoms with Crippen LogP contribution in [-0.4, -0.2) is 22.2 Å². The first-order valence-corrected chi connectivity index (χ1v) is 6.31. The molecule has 0 amide bonds. The van der Waals surface area contributed by atoms with Crippen LogP contribution in [0.2, 0.25) is 0 Å². The summed E-state index contributed by atoms with van der Waals surface area (Å²) in [5.74, 6) is 0.844. The quantitative estimate of drug-likeness (QED) is 0.871. The van der Waals surface area contributed by atoms with Crippen molar-refractivity contribution in [1.82, 2.24) is 20.5 Å². The predicted octanol–water partition coefficient (Wildman–Crippen LogP) is 2.29. The molecule has 5 heteroatoms. The van der Waals surface area contributed by atoms with Crippen molar-refractivity contribution in [2.24, 2.45) is 0 Å². The molecule has 1 aromatic carbocycles. The lowest BCUT2D eigenvalue weighted by Gasteiger charge is -2.06. The maximum Gasteiger partial charge on any atom is 0.213 e. The maximum atomic E-state index is 4.28. The van der Waals surface area contributed by atoms with Crippen molar-refractivity contribution in [2.45, 2.75) is 30.4 Å². The summed E-state index contributed by atoms with van der Waals surface area (Å²) in [7, 11) is 1.96. The van der Waals surface area contributed by atoms with E-state index in [1.165, 1.54) is 16.0 Å². The third-order valence-electron chi connectivity index (χ3n) is 2.47. The van der Waals surface area contributed by atoms with Crippen molar-refractivity contribution in [3.05, 3.63) is 35.2 Å². The van der Waals surface area contributed by atoms with E-state index in [4.69, 9.17) is 0 Å². The number of nitrogens with zero attached hydrogens (tertiary/aromatic N) is 2. The molecule has 1 aromatic heterocycles. The van der Waals surface area contributed by atoms with Gasteiger partial charge in [0.1, 0.15) is 5.82 Å². The summed E-state index contributed by atoms with van der Waals surface area (Å²) in [6.45, 7) is 4.93. The second-order valence-corrected chi connectivity index (χ2v) is 4.96.